The number of rotatable bonds is 5. The van der Waals surface area contributed by atoms with E-state index in [4.69, 9.17) is 9.84 Å². The van der Waals surface area contributed by atoms with Gasteiger partial charge in [-0.3, -0.25) is 4.79 Å². The van der Waals surface area contributed by atoms with E-state index in [-0.39, 0.29) is 18.1 Å². The molecule has 0 heterocycles. The minimum Gasteiger partial charge on any atom is -0.508 e. The van der Waals surface area contributed by atoms with Crippen LogP contribution in [0, 0.1) is 0 Å². The number of aromatic hydroxyl groups is 1. The topological polar surface area (TPSA) is 46.5 Å². The highest BCUT2D eigenvalue weighted by Gasteiger charge is 2.01. The Labute approximate surface area is 83.3 Å². The molecular weight excluding hydrogens is 180 g/mol. The average Bonchev–Trinajstić information content (AvgIpc) is 2.17. The van der Waals surface area contributed by atoms with Crippen molar-refractivity contribution < 1.29 is 14.6 Å². The molecule has 0 aliphatic heterocycles. The van der Waals surface area contributed by atoms with E-state index in [1.54, 1.807) is 12.1 Å². The molecule has 1 N–H and O–H groups in total. The van der Waals surface area contributed by atoms with Crippen molar-refractivity contribution in [2.24, 2.45) is 0 Å². The van der Waals surface area contributed by atoms with E-state index in [0.717, 1.165) is 5.56 Å². The number of ketones is 1. The number of hydrogen-bond donors (Lipinski definition) is 1. The molecule has 0 saturated heterocycles. The summed E-state index contributed by atoms with van der Waals surface area (Å²) in [4.78, 5) is 11.1. The smallest absolute Gasteiger partial charge is 0.158 e. The molecule has 0 aromatic heterocycles. The first-order valence-corrected chi connectivity index (χ1v) is 4.51. The van der Waals surface area contributed by atoms with Crippen molar-refractivity contribution in [1.82, 2.24) is 0 Å². The van der Waals surface area contributed by atoms with Crippen molar-refractivity contribution in [2.45, 2.75) is 12.8 Å². The molecule has 0 bridgehead atoms. The Morgan fingerprint density at radius 2 is 2.00 bits per heavy atom. The Kier molecular flexibility index (Phi) is 4.13. The molecule has 0 amide bonds. The van der Waals surface area contributed by atoms with E-state index in [9.17, 15) is 4.79 Å². The number of aryl methyl sites for hydroxylation is 1. The minimum atomic E-state index is 0.0978. The van der Waals surface area contributed by atoms with Gasteiger partial charge in [0.15, 0.2) is 5.78 Å². The summed E-state index contributed by atoms with van der Waals surface area (Å²) in [6.45, 7) is 0.179. The van der Waals surface area contributed by atoms with Gasteiger partial charge in [-0.15, -0.1) is 0 Å². The molecule has 76 valence electrons. The predicted molar refractivity (Wildman–Crippen MR) is 53.3 cm³/mol. The Bertz CT molecular complexity index is 290. The molecule has 1 rings (SSSR count). The lowest BCUT2D eigenvalue weighted by Crippen LogP contribution is -2.07. The number of phenols is 1. The third-order valence-electron chi connectivity index (χ3n) is 1.93. The summed E-state index contributed by atoms with van der Waals surface area (Å²) >= 11 is 0. The van der Waals surface area contributed by atoms with Crippen molar-refractivity contribution in [1.29, 1.82) is 0 Å². The second-order valence-corrected chi connectivity index (χ2v) is 3.14. The van der Waals surface area contributed by atoms with Crippen molar-refractivity contribution in [3.8, 4) is 5.75 Å². The summed E-state index contributed by atoms with van der Waals surface area (Å²) in [5.74, 6) is 0.345. The van der Waals surface area contributed by atoms with Gasteiger partial charge in [-0.05, 0) is 24.1 Å². The summed E-state index contributed by atoms with van der Waals surface area (Å²) in [7, 11) is 1.51. The number of methoxy groups -OCH3 is 1. The van der Waals surface area contributed by atoms with Gasteiger partial charge in [0, 0.05) is 13.5 Å². The van der Waals surface area contributed by atoms with E-state index < -0.39 is 0 Å². The van der Waals surface area contributed by atoms with Crippen LogP contribution in [0.4, 0.5) is 0 Å². The first-order valence-electron chi connectivity index (χ1n) is 4.51. The third kappa shape index (κ3) is 3.58. The number of carbonyl (C=O) groups excluding carboxylic acids is 1. The summed E-state index contributed by atoms with van der Waals surface area (Å²) in [6.07, 6.45) is 1.18. The highest BCUT2D eigenvalue weighted by molar-refractivity contribution is 5.79. The van der Waals surface area contributed by atoms with Crippen LogP contribution in [0.15, 0.2) is 24.3 Å². The molecule has 0 spiro atoms. The number of benzene rings is 1. The Balaban J connectivity index is 2.38. The first kappa shape index (κ1) is 10.7. The van der Waals surface area contributed by atoms with Gasteiger partial charge in [-0.25, -0.2) is 0 Å². The molecule has 0 aliphatic carbocycles. The van der Waals surface area contributed by atoms with E-state index in [2.05, 4.69) is 0 Å². The molecule has 0 radical (unpaired) electrons. The molecule has 3 nitrogen and oxygen atoms in total. The van der Waals surface area contributed by atoms with Crippen LogP contribution in [0.3, 0.4) is 0 Å². The van der Waals surface area contributed by atoms with Gasteiger partial charge in [0.2, 0.25) is 0 Å². The van der Waals surface area contributed by atoms with E-state index in [0.29, 0.717) is 12.8 Å². The van der Waals surface area contributed by atoms with Crippen LogP contribution in [0.1, 0.15) is 12.0 Å². The van der Waals surface area contributed by atoms with Crippen LogP contribution < -0.4 is 0 Å². The maximum absolute atomic E-state index is 11.1. The maximum atomic E-state index is 11.1. The standard InChI is InChI=1S/C11H14O3/c1-14-8-11(13)7-4-9-2-5-10(12)6-3-9/h2-3,5-6,12H,4,7-8H2,1H3. The van der Waals surface area contributed by atoms with Gasteiger partial charge in [0.25, 0.3) is 0 Å². The van der Waals surface area contributed by atoms with Crippen molar-refractivity contribution in [3.63, 3.8) is 0 Å². The molecular formula is C11H14O3. The summed E-state index contributed by atoms with van der Waals surface area (Å²) in [6, 6.07) is 6.87. The van der Waals surface area contributed by atoms with Crippen LogP contribution in [0.25, 0.3) is 0 Å². The summed E-state index contributed by atoms with van der Waals surface area (Å²) in [5.41, 5.74) is 1.05. The maximum Gasteiger partial charge on any atom is 0.158 e. The zero-order chi connectivity index (χ0) is 10.4. The second kappa shape index (κ2) is 5.40. The normalized spacial score (nSPS) is 10.1. The molecule has 0 aliphatic rings. The minimum absolute atomic E-state index is 0.0978. The predicted octanol–water partition coefficient (Wildman–Crippen LogP) is 1.54. The largest absolute Gasteiger partial charge is 0.508 e. The zero-order valence-electron chi connectivity index (χ0n) is 8.19. The molecule has 0 fully saturated rings. The second-order valence-electron chi connectivity index (χ2n) is 3.14. The molecule has 0 saturated carbocycles. The zero-order valence-corrected chi connectivity index (χ0v) is 8.19. The number of carbonyl (C=O) groups is 1. The first-order chi connectivity index (χ1) is 6.72. The summed E-state index contributed by atoms with van der Waals surface area (Å²) < 4.78 is 4.72. The molecule has 0 atom stereocenters. The van der Waals surface area contributed by atoms with Crippen LogP contribution in [0.2, 0.25) is 0 Å². The van der Waals surface area contributed by atoms with Crippen molar-refractivity contribution >= 4 is 5.78 Å². The Morgan fingerprint density at radius 1 is 1.36 bits per heavy atom. The van der Waals surface area contributed by atoms with Gasteiger partial charge in [-0.1, -0.05) is 12.1 Å². The fourth-order valence-electron chi connectivity index (χ4n) is 1.18. The highest BCUT2D eigenvalue weighted by Crippen LogP contribution is 2.11. The molecule has 1 aromatic carbocycles. The SMILES string of the molecule is COCC(=O)CCc1ccc(O)cc1. The quantitative estimate of drug-likeness (QED) is 0.773. The van der Waals surface area contributed by atoms with Gasteiger partial charge in [0.05, 0.1) is 0 Å². The number of hydrogen-bond acceptors (Lipinski definition) is 3. The van der Waals surface area contributed by atoms with Crippen molar-refractivity contribution in [3.05, 3.63) is 29.8 Å². The Morgan fingerprint density at radius 3 is 2.57 bits per heavy atom. The van der Waals surface area contributed by atoms with Crippen LogP contribution in [-0.2, 0) is 16.0 Å². The van der Waals surface area contributed by atoms with Crippen molar-refractivity contribution in [2.75, 3.05) is 13.7 Å². The van der Waals surface area contributed by atoms with Gasteiger partial charge in [-0.2, -0.15) is 0 Å². The monoisotopic (exact) mass is 194 g/mol. The third-order valence-corrected chi connectivity index (χ3v) is 1.93. The van der Waals surface area contributed by atoms with Crippen LogP contribution >= 0.6 is 0 Å². The number of Topliss-reactive ketones (excluding diaryl/α,β-unsaturated/α-hetero) is 1. The van der Waals surface area contributed by atoms with Gasteiger partial charge in [0.1, 0.15) is 12.4 Å². The van der Waals surface area contributed by atoms with Crippen LogP contribution in [-0.4, -0.2) is 24.6 Å². The Hall–Kier alpha value is -1.35. The molecule has 14 heavy (non-hydrogen) atoms. The highest BCUT2D eigenvalue weighted by atomic mass is 16.5. The van der Waals surface area contributed by atoms with E-state index in [1.807, 2.05) is 12.1 Å². The number of phenolic OH excluding ortho intramolecular Hbond substituents is 1. The van der Waals surface area contributed by atoms with Crippen LogP contribution in [0.5, 0.6) is 5.75 Å². The van der Waals surface area contributed by atoms with E-state index >= 15 is 0 Å². The fourth-order valence-corrected chi connectivity index (χ4v) is 1.18. The number of ether oxygens (including phenoxy) is 1. The summed E-state index contributed by atoms with van der Waals surface area (Å²) in [5, 5.41) is 9.03. The van der Waals surface area contributed by atoms with Gasteiger partial charge >= 0.3 is 0 Å². The van der Waals surface area contributed by atoms with Gasteiger partial charge < -0.3 is 9.84 Å². The van der Waals surface area contributed by atoms with E-state index in [1.165, 1.54) is 7.11 Å². The lowest BCUT2D eigenvalue weighted by Gasteiger charge is -2.00. The lowest BCUT2D eigenvalue weighted by molar-refractivity contribution is -0.122. The fraction of sp³-hybridized carbons (Fsp3) is 0.364. The molecule has 0 unspecified atom stereocenters. The average molecular weight is 194 g/mol. The molecule has 1 aromatic rings. The molecule has 3 heteroatoms. The lowest BCUT2D eigenvalue weighted by atomic mass is 10.1.